The first-order chi connectivity index (χ1) is 8.27. The summed E-state index contributed by atoms with van der Waals surface area (Å²) in [6, 6.07) is 18.2. The lowest BCUT2D eigenvalue weighted by atomic mass is 10.3. The Morgan fingerprint density at radius 1 is 0.941 bits per heavy atom. The summed E-state index contributed by atoms with van der Waals surface area (Å²) in [4.78, 5) is 11.9. The number of para-hydroxylation sites is 2. The fraction of sp³-hybridized carbons (Fsp3) is 0. The van der Waals surface area contributed by atoms with Crippen LogP contribution in [0, 0.1) is 0 Å². The van der Waals surface area contributed by atoms with Crippen molar-refractivity contribution < 1.29 is 4.79 Å². The predicted molar refractivity (Wildman–Crippen MR) is 73.4 cm³/mol. The van der Waals surface area contributed by atoms with Gasteiger partial charge in [0.25, 0.3) is 0 Å². The molecule has 0 aliphatic heterocycles. The zero-order valence-electron chi connectivity index (χ0n) is 9.08. The monoisotopic (exact) mass is 244 g/mol. The van der Waals surface area contributed by atoms with Crippen molar-refractivity contribution in [2.75, 3.05) is 9.62 Å². The lowest BCUT2D eigenvalue weighted by Crippen LogP contribution is -2.26. The minimum Gasteiger partial charge on any atom is -0.307 e. The van der Waals surface area contributed by atoms with E-state index in [1.165, 1.54) is 4.31 Å². The van der Waals surface area contributed by atoms with Crippen LogP contribution in [0.15, 0.2) is 60.7 Å². The SMILES string of the molecule is O=C(Nc1ccccc1)N(S)c1ccccc1. The Morgan fingerprint density at radius 2 is 1.47 bits per heavy atom. The maximum absolute atomic E-state index is 11.9. The van der Waals surface area contributed by atoms with E-state index in [1.807, 2.05) is 60.7 Å². The molecule has 0 unspecified atom stereocenters. The molecule has 0 spiro atoms. The maximum atomic E-state index is 11.9. The Balaban J connectivity index is 2.06. The second-order valence-electron chi connectivity index (χ2n) is 3.44. The smallest absolute Gasteiger partial charge is 0.307 e. The van der Waals surface area contributed by atoms with E-state index in [0.717, 1.165) is 11.4 Å². The van der Waals surface area contributed by atoms with Crippen molar-refractivity contribution in [2.45, 2.75) is 0 Å². The van der Waals surface area contributed by atoms with E-state index in [9.17, 15) is 4.79 Å². The first kappa shape index (κ1) is 11.5. The molecule has 0 aliphatic rings. The van der Waals surface area contributed by atoms with Gasteiger partial charge in [-0.15, -0.1) is 0 Å². The molecular weight excluding hydrogens is 232 g/mol. The Hall–Kier alpha value is -1.94. The first-order valence-corrected chi connectivity index (χ1v) is 5.57. The van der Waals surface area contributed by atoms with E-state index < -0.39 is 0 Å². The van der Waals surface area contributed by atoms with Crippen molar-refractivity contribution in [3.05, 3.63) is 60.7 Å². The minimum absolute atomic E-state index is 0.286. The summed E-state index contributed by atoms with van der Waals surface area (Å²) >= 11 is 4.17. The van der Waals surface area contributed by atoms with Gasteiger partial charge in [0.2, 0.25) is 0 Å². The van der Waals surface area contributed by atoms with Crippen LogP contribution >= 0.6 is 12.8 Å². The van der Waals surface area contributed by atoms with Crippen LogP contribution in [0.2, 0.25) is 0 Å². The third kappa shape index (κ3) is 3.01. The number of carbonyl (C=O) groups excluding carboxylic acids is 1. The van der Waals surface area contributed by atoms with E-state index in [1.54, 1.807) is 0 Å². The molecule has 0 atom stereocenters. The molecule has 0 bridgehead atoms. The van der Waals surface area contributed by atoms with Crippen LogP contribution in [-0.4, -0.2) is 6.03 Å². The van der Waals surface area contributed by atoms with Crippen LogP contribution in [0.4, 0.5) is 16.2 Å². The van der Waals surface area contributed by atoms with Crippen LogP contribution < -0.4 is 9.62 Å². The number of hydrogen-bond acceptors (Lipinski definition) is 2. The van der Waals surface area contributed by atoms with Crippen LogP contribution in [0.5, 0.6) is 0 Å². The number of thiol groups is 1. The van der Waals surface area contributed by atoms with Gasteiger partial charge < -0.3 is 5.32 Å². The van der Waals surface area contributed by atoms with E-state index in [-0.39, 0.29) is 6.03 Å². The number of nitrogens with one attached hydrogen (secondary N) is 1. The Kier molecular flexibility index (Phi) is 3.67. The molecule has 2 aromatic carbocycles. The topological polar surface area (TPSA) is 32.3 Å². The third-order valence-corrected chi connectivity index (χ3v) is 2.63. The number of carbonyl (C=O) groups is 1. The van der Waals surface area contributed by atoms with Crippen molar-refractivity contribution in [2.24, 2.45) is 0 Å². The molecule has 0 heterocycles. The predicted octanol–water partition coefficient (Wildman–Crippen LogP) is 3.57. The van der Waals surface area contributed by atoms with Crippen LogP contribution in [-0.2, 0) is 0 Å². The Morgan fingerprint density at radius 3 is 2.06 bits per heavy atom. The highest BCUT2D eigenvalue weighted by molar-refractivity contribution is 7.82. The molecule has 2 aromatic rings. The number of hydrogen-bond donors (Lipinski definition) is 2. The van der Waals surface area contributed by atoms with Gasteiger partial charge in [0.1, 0.15) is 0 Å². The molecule has 1 N–H and O–H groups in total. The number of benzene rings is 2. The van der Waals surface area contributed by atoms with Crippen LogP contribution in [0.1, 0.15) is 0 Å². The number of anilines is 2. The van der Waals surface area contributed by atoms with E-state index in [0.29, 0.717) is 0 Å². The average molecular weight is 244 g/mol. The largest absolute Gasteiger partial charge is 0.336 e. The summed E-state index contributed by atoms with van der Waals surface area (Å²) in [7, 11) is 0. The quantitative estimate of drug-likeness (QED) is 0.778. The van der Waals surface area contributed by atoms with Crippen molar-refractivity contribution in [3.8, 4) is 0 Å². The summed E-state index contributed by atoms with van der Waals surface area (Å²) in [5, 5.41) is 2.75. The summed E-state index contributed by atoms with van der Waals surface area (Å²) in [6.45, 7) is 0. The highest BCUT2D eigenvalue weighted by Gasteiger charge is 2.11. The number of rotatable bonds is 2. The molecule has 0 saturated heterocycles. The van der Waals surface area contributed by atoms with Gasteiger partial charge in [-0.2, -0.15) is 0 Å². The molecule has 0 radical (unpaired) electrons. The van der Waals surface area contributed by atoms with Gasteiger partial charge in [-0.05, 0) is 24.3 Å². The summed E-state index contributed by atoms with van der Waals surface area (Å²) in [5.41, 5.74) is 1.47. The van der Waals surface area contributed by atoms with Gasteiger partial charge in [0.15, 0.2) is 0 Å². The highest BCUT2D eigenvalue weighted by Crippen LogP contribution is 2.17. The highest BCUT2D eigenvalue weighted by atomic mass is 32.1. The summed E-state index contributed by atoms with van der Waals surface area (Å²) in [5.74, 6) is 0. The van der Waals surface area contributed by atoms with E-state index in [4.69, 9.17) is 0 Å². The van der Waals surface area contributed by atoms with Crippen molar-refractivity contribution >= 4 is 30.2 Å². The summed E-state index contributed by atoms with van der Waals surface area (Å²) < 4.78 is 1.27. The summed E-state index contributed by atoms with van der Waals surface area (Å²) in [6.07, 6.45) is 0. The number of urea groups is 1. The Bertz CT molecular complexity index is 487. The molecule has 0 aliphatic carbocycles. The van der Waals surface area contributed by atoms with E-state index >= 15 is 0 Å². The molecule has 17 heavy (non-hydrogen) atoms. The van der Waals surface area contributed by atoms with Crippen molar-refractivity contribution in [1.82, 2.24) is 0 Å². The van der Waals surface area contributed by atoms with Gasteiger partial charge in [-0.1, -0.05) is 49.2 Å². The molecule has 4 heteroatoms. The third-order valence-electron chi connectivity index (χ3n) is 2.22. The minimum atomic E-state index is -0.286. The second kappa shape index (κ2) is 5.41. The molecular formula is C13H12N2OS. The Labute approximate surface area is 106 Å². The average Bonchev–Trinajstić information content (AvgIpc) is 2.40. The molecule has 3 nitrogen and oxygen atoms in total. The molecule has 0 fully saturated rings. The zero-order chi connectivity index (χ0) is 12.1. The maximum Gasteiger partial charge on any atom is 0.336 e. The lowest BCUT2D eigenvalue weighted by Gasteiger charge is -2.16. The number of amides is 2. The lowest BCUT2D eigenvalue weighted by molar-refractivity contribution is 0.260. The van der Waals surface area contributed by atoms with Crippen LogP contribution in [0.3, 0.4) is 0 Å². The number of nitrogens with zero attached hydrogens (tertiary/aromatic N) is 1. The van der Waals surface area contributed by atoms with Gasteiger partial charge in [0, 0.05) is 5.69 Å². The zero-order valence-corrected chi connectivity index (χ0v) is 9.97. The molecule has 86 valence electrons. The van der Waals surface area contributed by atoms with Crippen molar-refractivity contribution in [3.63, 3.8) is 0 Å². The first-order valence-electron chi connectivity index (χ1n) is 5.17. The van der Waals surface area contributed by atoms with Crippen LogP contribution in [0.25, 0.3) is 0 Å². The standard InChI is InChI=1S/C13H12N2OS/c16-13(14-11-7-3-1-4-8-11)15(17)12-9-5-2-6-10-12/h1-10,17H,(H,14,16). The molecule has 0 saturated carbocycles. The molecule has 2 amide bonds. The fourth-order valence-electron chi connectivity index (χ4n) is 1.38. The fourth-order valence-corrected chi connectivity index (χ4v) is 1.57. The second-order valence-corrected chi connectivity index (χ2v) is 3.84. The van der Waals surface area contributed by atoms with Gasteiger partial charge in [-0.25, -0.2) is 9.10 Å². The van der Waals surface area contributed by atoms with Gasteiger partial charge >= 0.3 is 6.03 Å². The molecule has 2 rings (SSSR count). The molecule has 0 aromatic heterocycles. The van der Waals surface area contributed by atoms with Crippen molar-refractivity contribution in [1.29, 1.82) is 0 Å². The normalized spacial score (nSPS) is 9.71. The van der Waals surface area contributed by atoms with Gasteiger partial charge in [-0.3, -0.25) is 0 Å². The van der Waals surface area contributed by atoms with E-state index in [2.05, 4.69) is 18.1 Å². The van der Waals surface area contributed by atoms with Gasteiger partial charge in [0.05, 0.1) is 5.69 Å².